The van der Waals surface area contributed by atoms with Crippen molar-refractivity contribution in [2.75, 3.05) is 13.7 Å². The highest BCUT2D eigenvalue weighted by Gasteiger charge is 2.15. The number of nitrogens with one attached hydrogen (secondary N) is 2. The van der Waals surface area contributed by atoms with E-state index >= 15 is 0 Å². The summed E-state index contributed by atoms with van der Waals surface area (Å²) < 4.78 is 31.0. The monoisotopic (exact) mass is 392 g/mol. The molecule has 142 valence electrons. The smallest absolute Gasteiger partial charge is 0.311 e. The summed E-state index contributed by atoms with van der Waals surface area (Å²) in [5, 5.41) is 14.6. The second-order valence-electron chi connectivity index (χ2n) is 5.12. The van der Waals surface area contributed by atoms with Crippen molar-refractivity contribution in [1.82, 2.24) is 10.1 Å². The molecule has 0 heterocycles. The van der Waals surface area contributed by atoms with Crippen LogP contribution >= 0.6 is 0 Å². The van der Waals surface area contributed by atoms with Crippen LogP contribution < -0.4 is 14.9 Å². The van der Waals surface area contributed by atoms with Gasteiger partial charge in [0.1, 0.15) is 0 Å². The number of rotatable bonds is 8. The molecule has 0 unspecified atom stereocenters. The van der Waals surface area contributed by atoms with Crippen molar-refractivity contribution in [2.24, 2.45) is 5.10 Å². The molecular formula is C16H16N4O6S. The van der Waals surface area contributed by atoms with Gasteiger partial charge in [-0.15, -0.1) is 0 Å². The summed E-state index contributed by atoms with van der Waals surface area (Å²) in [5.74, 6) is -0.606. The average Bonchev–Trinajstić information content (AvgIpc) is 2.67. The van der Waals surface area contributed by atoms with E-state index in [1.165, 1.54) is 43.7 Å². The number of ether oxygens (including phenoxy) is 1. The van der Waals surface area contributed by atoms with Gasteiger partial charge in [0.25, 0.3) is 5.91 Å². The predicted octanol–water partition coefficient (Wildman–Crippen LogP) is 1.03. The molecule has 0 aliphatic rings. The Bertz CT molecular complexity index is 960. The number of nitro groups is 1. The van der Waals surface area contributed by atoms with Gasteiger partial charge in [-0.1, -0.05) is 18.2 Å². The summed E-state index contributed by atoms with van der Waals surface area (Å²) in [4.78, 5) is 22.1. The summed E-state index contributed by atoms with van der Waals surface area (Å²) in [7, 11) is -2.49. The molecule has 0 bridgehead atoms. The number of benzene rings is 2. The number of hydrogen-bond acceptors (Lipinski definition) is 7. The van der Waals surface area contributed by atoms with Crippen LogP contribution in [0.5, 0.6) is 5.75 Å². The molecule has 1 amide bonds. The summed E-state index contributed by atoms with van der Waals surface area (Å²) in [6, 6.07) is 11.7. The van der Waals surface area contributed by atoms with Crippen molar-refractivity contribution >= 4 is 27.8 Å². The Kier molecular flexibility index (Phi) is 6.57. The van der Waals surface area contributed by atoms with Gasteiger partial charge in [0.05, 0.1) is 29.7 Å². The number of carbonyl (C=O) groups is 1. The van der Waals surface area contributed by atoms with Crippen molar-refractivity contribution in [3.8, 4) is 5.75 Å². The normalized spacial score (nSPS) is 11.3. The minimum Gasteiger partial charge on any atom is -0.490 e. The summed E-state index contributed by atoms with van der Waals surface area (Å²) in [6.45, 7) is -0.517. The highest BCUT2D eigenvalue weighted by molar-refractivity contribution is 7.89. The van der Waals surface area contributed by atoms with Crippen LogP contribution in [0.1, 0.15) is 5.56 Å². The topological polar surface area (TPSA) is 140 Å². The van der Waals surface area contributed by atoms with Gasteiger partial charge < -0.3 is 4.74 Å². The Hall–Kier alpha value is -3.31. The first-order chi connectivity index (χ1) is 12.8. The zero-order chi connectivity index (χ0) is 19.9. The van der Waals surface area contributed by atoms with E-state index < -0.39 is 27.4 Å². The molecule has 11 heteroatoms. The van der Waals surface area contributed by atoms with E-state index in [4.69, 9.17) is 4.74 Å². The lowest BCUT2D eigenvalue weighted by molar-refractivity contribution is -0.385. The zero-order valence-corrected chi connectivity index (χ0v) is 15.0. The maximum Gasteiger partial charge on any atom is 0.311 e. The highest BCUT2D eigenvalue weighted by Crippen LogP contribution is 2.26. The molecule has 0 saturated heterocycles. The number of methoxy groups -OCH3 is 1. The Balaban J connectivity index is 1.94. The van der Waals surface area contributed by atoms with Crippen LogP contribution in [0.25, 0.3) is 0 Å². The van der Waals surface area contributed by atoms with Gasteiger partial charge in [-0.3, -0.25) is 14.9 Å². The molecule has 2 aromatic rings. The molecule has 0 atom stereocenters. The Morgan fingerprint density at radius 2 is 1.96 bits per heavy atom. The number of nitro benzene ring substituents is 1. The van der Waals surface area contributed by atoms with Crippen molar-refractivity contribution in [2.45, 2.75) is 4.90 Å². The average molecular weight is 392 g/mol. The Morgan fingerprint density at radius 3 is 2.59 bits per heavy atom. The zero-order valence-electron chi connectivity index (χ0n) is 14.2. The van der Waals surface area contributed by atoms with Crippen LogP contribution in [0.15, 0.2) is 58.5 Å². The molecule has 27 heavy (non-hydrogen) atoms. The molecule has 0 radical (unpaired) electrons. The quantitative estimate of drug-likeness (QED) is 0.391. The molecule has 0 aliphatic heterocycles. The summed E-state index contributed by atoms with van der Waals surface area (Å²) in [6.07, 6.45) is 1.19. The van der Waals surface area contributed by atoms with E-state index in [2.05, 4.69) is 15.2 Å². The van der Waals surface area contributed by atoms with Crippen molar-refractivity contribution in [1.29, 1.82) is 0 Å². The van der Waals surface area contributed by atoms with Gasteiger partial charge >= 0.3 is 5.69 Å². The van der Waals surface area contributed by atoms with E-state index in [1.54, 1.807) is 18.2 Å². The van der Waals surface area contributed by atoms with Gasteiger partial charge in [0.15, 0.2) is 5.75 Å². The van der Waals surface area contributed by atoms with E-state index in [1.807, 2.05) is 0 Å². The maximum absolute atomic E-state index is 12.0. The Morgan fingerprint density at radius 1 is 1.26 bits per heavy atom. The SMILES string of the molecule is COc1ccc(/C=N\NC(=O)CNS(=O)(=O)c2ccccc2)cc1[N+](=O)[O-]. The van der Waals surface area contributed by atoms with Crippen LogP contribution in [0, 0.1) is 10.1 Å². The van der Waals surface area contributed by atoms with Gasteiger partial charge in [-0.2, -0.15) is 5.10 Å². The van der Waals surface area contributed by atoms with Crippen molar-refractivity contribution < 1.29 is 22.9 Å². The fourth-order valence-corrected chi connectivity index (χ4v) is 3.00. The molecular weight excluding hydrogens is 376 g/mol. The number of hydrazone groups is 1. The highest BCUT2D eigenvalue weighted by atomic mass is 32.2. The van der Waals surface area contributed by atoms with E-state index in [-0.39, 0.29) is 16.3 Å². The fraction of sp³-hybridized carbons (Fsp3) is 0.125. The first-order valence-corrected chi connectivity index (χ1v) is 9.01. The molecule has 0 spiro atoms. The minimum atomic E-state index is -3.81. The van der Waals surface area contributed by atoms with Gasteiger partial charge in [-0.05, 0) is 24.3 Å². The van der Waals surface area contributed by atoms with Gasteiger partial charge in [-0.25, -0.2) is 18.6 Å². The van der Waals surface area contributed by atoms with Crippen LogP contribution in [-0.4, -0.2) is 39.1 Å². The molecule has 2 rings (SSSR count). The standard InChI is InChI=1S/C16H16N4O6S/c1-26-15-8-7-12(9-14(15)20(22)23)10-17-19-16(21)11-18-27(24,25)13-5-3-2-4-6-13/h2-10,18H,11H2,1H3,(H,19,21)/b17-10-. The molecule has 0 aromatic heterocycles. The summed E-state index contributed by atoms with van der Waals surface area (Å²) in [5.41, 5.74) is 2.24. The van der Waals surface area contributed by atoms with Gasteiger partial charge in [0.2, 0.25) is 10.0 Å². The van der Waals surface area contributed by atoms with Crippen molar-refractivity contribution in [3.63, 3.8) is 0 Å². The number of amides is 1. The molecule has 10 nitrogen and oxygen atoms in total. The van der Waals surface area contributed by atoms with Crippen LogP contribution in [0.3, 0.4) is 0 Å². The number of hydrogen-bond donors (Lipinski definition) is 2. The lowest BCUT2D eigenvalue weighted by Gasteiger charge is -2.05. The predicted molar refractivity (Wildman–Crippen MR) is 97.0 cm³/mol. The van der Waals surface area contributed by atoms with E-state index in [0.29, 0.717) is 5.56 Å². The third kappa shape index (κ3) is 5.59. The molecule has 0 aliphatic carbocycles. The third-order valence-electron chi connectivity index (χ3n) is 3.28. The largest absolute Gasteiger partial charge is 0.490 e. The van der Waals surface area contributed by atoms with Crippen LogP contribution in [-0.2, 0) is 14.8 Å². The fourth-order valence-electron chi connectivity index (χ4n) is 1.99. The number of nitrogens with zero attached hydrogens (tertiary/aromatic N) is 2. The maximum atomic E-state index is 12.0. The van der Waals surface area contributed by atoms with Crippen LogP contribution in [0.2, 0.25) is 0 Å². The van der Waals surface area contributed by atoms with Crippen LogP contribution in [0.4, 0.5) is 5.69 Å². The lowest BCUT2D eigenvalue weighted by Crippen LogP contribution is -2.34. The third-order valence-corrected chi connectivity index (χ3v) is 4.70. The van der Waals surface area contributed by atoms with E-state index in [0.717, 1.165) is 0 Å². The van der Waals surface area contributed by atoms with Gasteiger partial charge in [0, 0.05) is 11.6 Å². The number of carbonyl (C=O) groups excluding carboxylic acids is 1. The minimum absolute atomic E-state index is 0.0341. The first kappa shape index (κ1) is 20.0. The second kappa shape index (κ2) is 8.87. The molecule has 2 aromatic carbocycles. The Labute approximate surface area is 155 Å². The lowest BCUT2D eigenvalue weighted by atomic mass is 10.2. The molecule has 2 N–H and O–H groups in total. The van der Waals surface area contributed by atoms with E-state index in [9.17, 15) is 23.3 Å². The first-order valence-electron chi connectivity index (χ1n) is 7.52. The molecule has 0 saturated carbocycles. The molecule has 0 fully saturated rings. The number of sulfonamides is 1. The second-order valence-corrected chi connectivity index (χ2v) is 6.89. The summed E-state index contributed by atoms with van der Waals surface area (Å²) >= 11 is 0. The van der Waals surface area contributed by atoms with Crippen molar-refractivity contribution in [3.05, 3.63) is 64.2 Å².